The normalized spacial score (nSPS) is 29.8. The Morgan fingerprint density at radius 1 is 1.15 bits per heavy atom. The van der Waals surface area contributed by atoms with Crippen molar-refractivity contribution in [2.75, 3.05) is 39.4 Å². The van der Waals surface area contributed by atoms with Crippen molar-refractivity contribution in [1.82, 2.24) is 4.90 Å². The number of rotatable bonds is 6. The average molecular weight is 283 g/mol. The maximum atomic E-state index is 11.9. The molecule has 116 valence electrons. The number of amides is 1. The van der Waals surface area contributed by atoms with Crippen molar-refractivity contribution in [2.24, 2.45) is 5.92 Å². The van der Waals surface area contributed by atoms with Gasteiger partial charge in [0.2, 0.25) is 5.91 Å². The summed E-state index contributed by atoms with van der Waals surface area (Å²) in [6.07, 6.45) is 6.73. The van der Waals surface area contributed by atoms with Crippen LogP contribution < -0.4 is 4.90 Å². The predicted octanol–water partition coefficient (Wildman–Crippen LogP) is 0.719. The SMILES string of the molecule is CCN(CC)C(=O)COC[C@H]1CCC[NH+]2CCCC[C@@H]12. The number of hydrogen-bond donors (Lipinski definition) is 1. The number of fused-ring (bicyclic) bond motifs is 1. The number of quaternary nitrogens is 1. The lowest BCUT2D eigenvalue weighted by molar-refractivity contribution is -0.940. The molecule has 2 heterocycles. The minimum Gasteiger partial charge on any atom is -0.371 e. The summed E-state index contributed by atoms with van der Waals surface area (Å²) in [5.74, 6) is 0.808. The van der Waals surface area contributed by atoms with Gasteiger partial charge in [-0.2, -0.15) is 0 Å². The zero-order chi connectivity index (χ0) is 14.4. The van der Waals surface area contributed by atoms with Crippen LogP contribution >= 0.6 is 0 Å². The van der Waals surface area contributed by atoms with Crippen molar-refractivity contribution in [1.29, 1.82) is 0 Å². The molecule has 0 aromatic rings. The highest BCUT2D eigenvalue weighted by atomic mass is 16.5. The molecule has 0 saturated carbocycles. The van der Waals surface area contributed by atoms with Gasteiger partial charge in [0.1, 0.15) is 6.61 Å². The minimum atomic E-state index is 0.138. The molecule has 2 aliphatic heterocycles. The lowest BCUT2D eigenvalue weighted by Crippen LogP contribution is -3.18. The Balaban J connectivity index is 1.74. The maximum absolute atomic E-state index is 11.9. The van der Waals surface area contributed by atoms with E-state index in [-0.39, 0.29) is 12.5 Å². The first-order chi connectivity index (χ1) is 9.76. The zero-order valence-electron chi connectivity index (χ0n) is 13.2. The van der Waals surface area contributed by atoms with Crippen LogP contribution in [0.25, 0.3) is 0 Å². The van der Waals surface area contributed by atoms with E-state index in [4.69, 9.17) is 4.74 Å². The largest absolute Gasteiger partial charge is 0.371 e. The Morgan fingerprint density at radius 2 is 1.90 bits per heavy atom. The zero-order valence-corrected chi connectivity index (χ0v) is 13.2. The first-order valence-electron chi connectivity index (χ1n) is 8.46. The van der Waals surface area contributed by atoms with Gasteiger partial charge in [0.25, 0.3) is 0 Å². The van der Waals surface area contributed by atoms with Crippen LogP contribution in [-0.2, 0) is 9.53 Å². The van der Waals surface area contributed by atoms with Crippen LogP contribution in [0.5, 0.6) is 0 Å². The summed E-state index contributed by atoms with van der Waals surface area (Å²) in [4.78, 5) is 15.6. The fraction of sp³-hybridized carbons (Fsp3) is 0.938. The van der Waals surface area contributed by atoms with Gasteiger partial charge in [0.05, 0.1) is 25.7 Å². The first-order valence-corrected chi connectivity index (χ1v) is 8.46. The summed E-state index contributed by atoms with van der Waals surface area (Å²) in [5, 5.41) is 0. The molecule has 0 aromatic heterocycles. The predicted molar refractivity (Wildman–Crippen MR) is 79.8 cm³/mol. The van der Waals surface area contributed by atoms with Gasteiger partial charge in [-0.15, -0.1) is 0 Å². The summed E-state index contributed by atoms with van der Waals surface area (Å²) in [5.41, 5.74) is 0. The number of carbonyl (C=O) groups excluding carboxylic acids is 1. The Kier molecular flexibility index (Phi) is 6.30. The number of ether oxygens (including phenoxy) is 1. The third-order valence-corrected chi connectivity index (χ3v) is 5.10. The highest BCUT2D eigenvalue weighted by molar-refractivity contribution is 5.77. The van der Waals surface area contributed by atoms with E-state index in [1.807, 2.05) is 18.7 Å². The van der Waals surface area contributed by atoms with Crippen LogP contribution in [0.15, 0.2) is 0 Å². The van der Waals surface area contributed by atoms with Crippen LogP contribution in [0.1, 0.15) is 46.0 Å². The molecule has 0 spiro atoms. The lowest BCUT2D eigenvalue weighted by Gasteiger charge is -2.41. The molecule has 3 atom stereocenters. The molecule has 0 aliphatic carbocycles. The second-order valence-corrected chi connectivity index (χ2v) is 6.24. The van der Waals surface area contributed by atoms with E-state index >= 15 is 0 Å². The fourth-order valence-electron chi connectivity index (χ4n) is 3.94. The van der Waals surface area contributed by atoms with Crippen molar-refractivity contribution >= 4 is 5.91 Å². The third kappa shape index (κ3) is 3.95. The molecule has 1 N–H and O–H groups in total. The van der Waals surface area contributed by atoms with Crippen molar-refractivity contribution in [3.8, 4) is 0 Å². The summed E-state index contributed by atoms with van der Waals surface area (Å²) in [7, 11) is 0. The number of piperidine rings is 2. The number of likely N-dealkylation sites (N-methyl/N-ethyl adjacent to an activating group) is 1. The van der Waals surface area contributed by atoms with Crippen molar-refractivity contribution in [2.45, 2.75) is 52.0 Å². The molecule has 2 rings (SSSR count). The fourth-order valence-corrected chi connectivity index (χ4v) is 3.94. The van der Waals surface area contributed by atoms with Crippen LogP contribution in [0.2, 0.25) is 0 Å². The molecular formula is C16H31N2O2+. The maximum Gasteiger partial charge on any atom is 0.248 e. The van der Waals surface area contributed by atoms with Gasteiger partial charge in [-0.25, -0.2) is 0 Å². The summed E-state index contributed by atoms with van der Waals surface area (Å²) < 4.78 is 5.76. The van der Waals surface area contributed by atoms with E-state index in [9.17, 15) is 4.79 Å². The monoisotopic (exact) mass is 283 g/mol. The molecule has 20 heavy (non-hydrogen) atoms. The minimum absolute atomic E-state index is 0.138. The molecule has 0 bridgehead atoms. The Morgan fingerprint density at radius 3 is 2.65 bits per heavy atom. The third-order valence-electron chi connectivity index (χ3n) is 5.10. The molecule has 4 nitrogen and oxygen atoms in total. The molecule has 4 heteroatoms. The van der Waals surface area contributed by atoms with Crippen molar-refractivity contribution in [3.63, 3.8) is 0 Å². The van der Waals surface area contributed by atoms with E-state index in [1.165, 1.54) is 45.2 Å². The van der Waals surface area contributed by atoms with Crippen LogP contribution in [0, 0.1) is 5.92 Å². The molecule has 1 amide bonds. The van der Waals surface area contributed by atoms with Gasteiger partial charge < -0.3 is 14.5 Å². The Hall–Kier alpha value is -0.610. The van der Waals surface area contributed by atoms with E-state index in [2.05, 4.69) is 0 Å². The number of hydrogen-bond acceptors (Lipinski definition) is 2. The molecule has 2 saturated heterocycles. The van der Waals surface area contributed by atoms with Crippen molar-refractivity contribution in [3.05, 3.63) is 0 Å². The van der Waals surface area contributed by atoms with Gasteiger partial charge in [0.15, 0.2) is 0 Å². The molecule has 2 aliphatic rings. The Bertz CT molecular complexity index is 303. The first kappa shape index (κ1) is 15.8. The summed E-state index contributed by atoms with van der Waals surface area (Å²) >= 11 is 0. The molecular weight excluding hydrogens is 252 g/mol. The quantitative estimate of drug-likeness (QED) is 0.779. The van der Waals surface area contributed by atoms with Gasteiger partial charge in [-0.1, -0.05) is 0 Å². The van der Waals surface area contributed by atoms with Gasteiger partial charge in [-0.05, 0) is 46.0 Å². The molecule has 1 unspecified atom stereocenters. The highest BCUT2D eigenvalue weighted by Gasteiger charge is 2.36. The van der Waals surface area contributed by atoms with E-state index in [0.29, 0.717) is 5.92 Å². The standard InChI is InChI=1S/C16H30N2O2/c1-3-17(4-2)16(19)13-20-12-14-8-7-11-18-10-6-5-9-15(14)18/h14-15H,3-13H2,1-2H3/p+1/t14-,15+/m1/s1. The molecule has 0 aromatic carbocycles. The van der Waals surface area contributed by atoms with Gasteiger partial charge in [0, 0.05) is 19.0 Å². The number of nitrogens with zero attached hydrogens (tertiary/aromatic N) is 1. The van der Waals surface area contributed by atoms with Crippen LogP contribution in [-0.4, -0.2) is 56.2 Å². The van der Waals surface area contributed by atoms with Crippen molar-refractivity contribution < 1.29 is 14.4 Å². The van der Waals surface area contributed by atoms with E-state index in [1.54, 1.807) is 4.90 Å². The van der Waals surface area contributed by atoms with Gasteiger partial charge >= 0.3 is 0 Å². The van der Waals surface area contributed by atoms with E-state index in [0.717, 1.165) is 25.7 Å². The van der Waals surface area contributed by atoms with Crippen LogP contribution in [0.4, 0.5) is 0 Å². The average Bonchev–Trinajstić information content (AvgIpc) is 2.49. The smallest absolute Gasteiger partial charge is 0.248 e. The molecule has 0 radical (unpaired) electrons. The topological polar surface area (TPSA) is 34.0 Å². The van der Waals surface area contributed by atoms with Gasteiger partial charge in [-0.3, -0.25) is 4.79 Å². The second-order valence-electron chi connectivity index (χ2n) is 6.24. The number of nitrogens with one attached hydrogen (secondary N) is 1. The number of carbonyl (C=O) groups is 1. The van der Waals surface area contributed by atoms with Crippen LogP contribution in [0.3, 0.4) is 0 Å². The summed E-state index contributed by atoms with van der Waals surface area (Å²) in [6.45, 7) is 9.34. The highest BCUT2D eigenvalue weighted by Crippen LogP contribution is 2.20. The second kappa shape index (κ2) is 7.99. The van der Waals surface area contributed by atoms with E-state index < -0.39 is 0 Å². The lowest BCUT2D eigenvalue weighted by atomic mass is 9.84. The molecule has 2 fully saturated rings. The summed E-state index contributed by atoms with van der Waals surface area (Å²) in [6, 6.07) is 0.793. The Labute approximate surface area is 123 Å².